The van der Waals surface area contributed by atoms with Gasteiger partial charge in [-0.1, -0.05) is 48.7 Å². The molecule has 1 aromatic heterocycles. The van der Waals surface area contributed by atoms with Gasteiger partial charge in [-0.25, -0.2) is 0 Å². The van der Waals surface area contributed by atoms with E-state index in [-0.39, 0.29) is 5.91 Å². The smallest absolute Gasteiger partial charge is 0.230 e. The molecular weight excluding hydrogens is 360 g/mol. The summed E-state index contributed by atoms with van der Waals surface area (Å²) in [5.74, 6) is 0.338. The Kier molecular flexibility index (Phi) is 7.71. The largest absolute Gasteiger partial charge is 0.378 e. The van der Waals surface area contributed by atoms with E-state index < -0.39 is 0 Å². The lowest BCUT2D eigenvalue weighted by Gasteiger charge is -2.21. The second-order valence-corrected chi connectivity index (χ2v) is 7.88. The number of benzene rings is 1. The Labute approximate surface area is 165 Å². The van der Waals surface area contributed by atoms with Gasteiger partial charge in [-0.15, -0.1) is 10.2 Å². The van der Waals surface area contributed by atoms with Crippen LogP contribution in [0.5, 0.6) is 0 Å². The van der Waals surface area contributed by atoms with Crippen LogP contribution in [-0.2, 0) is 9.53 Å². The quantitative estimate of drug-likeness (QED) is 0.526. The summed E-state index contributed by atoms with van der Waals surface area (Å²) in [7, 11) is 0. The molecule has 0 unspecified atom stereocenters. The summed E-state index contributed by atoms with van der Waals surface area (Å²) in [5.41, 5.74) is 2.20. The molecule has 0 saturated heterocycles. The third-order valence-electron chi connectivity index (χ3n) is 4.71. The molecule has 1 aliphatic carbocycles. The molecule has 0 aliphatic heterocycles. The molecule has 0 bridgehead atoms. The zero-order valence-electron chi connectivity index (χ0n) is 15.9. The van der Waals surface area contributed by atoms with Gasteiger partial charge >= 0.3 is 0 Å². The zero-order valence-corrected chi connectivity index (χ0v) is 16.7. The van der Waals surface area contributed by atoms with Crippen molar-refractivity contribution in [2.45, 2.75) is 56.7 Å². The molecule has 1 saturated carbocycles. The first kappa shape index (κ1) is 19.9. The van der Waals surface area contributed by atoms with Gasteiger partial charge in [0.25, 0.3) is 0 Å². The van der Waals surface area contributed by atoms with E-state index in [4.69, 9.17) is 4.74 Å². The SMILES string of the molecule is Cc1ccc(-n2cnnc2SCC(=O)NCCCOC2CCCCC2)cc1. The van der Waals surface area contributed by atoms with Crippen molar-refractivity contribution in [2.75, 3.05) is 18.9 Å². The zero-order chi connectivity index (χ0) is 18.9. The summed E-state index contributed by atoms with van der Waals surface area (Å²) in [6, 6.07) is 8.14. The highest BCUT2D eigenvalue weighted by atomic mass is 32.2. The number of aryl methyl sites for hydroxylation is 1. The first-order chi connectivity index (χ1) is 13.2. The van der Waals surface area contributed by atoms with E-state index in [1.165, 1.54) is 49.4 Å². The normalized spacial score (nSPS) is 15.0. The number of hydrogen-bond donors (Lipinski definition) is 1. The molecule has 3 rings (SSSR count). The average Bonchev–Trinajstić information content (AvgIpc) is 3.16. The molecule has 1 aliphatic rings. The van der Waals surface area contributed by atoms with Crippen molar-refractivity contribution in [3.63, 3.8) is 0 Å². The highest BCUT2D eigenvalue weighted by Gasteiger charge is 2.13. The number of nitrogens with zero attached hydrogens (tertiary/aromatic N) is 3. The second kappa shape index (κ2) is 10.5. The number of rotatable bonds is 9. The molecule has 0 spiro atoms. The molecule has 1 aromatic carbocycles. The second-order valence-electron chi connectivity index (χ2n) is 6.94. The fourth-order valence-corrected chi connectivity index (χ4v) is 3.93. The minimum atomic E-state index is 0.0103. The maximum atomic E-state index is 12.1. The highest BCUT2D eigenvalue weighted by molar-refractivity contribution is 7.99. The molecule has 0 atom stereocenters. The van der Waals surface area contributed by atoms with Gasteiger partial charge in [0.2, 0.25) is 5.91 Å². The number of thioether (sulfide) groups is 1. The summed E-state index contributed by atoms with van der Waals surface area (Å²) < 4.78 is 7.78. The van der Waals surface area contributed by atoms with E-state index in [0.29, 0.717) is 18.4 Å². The monoisotopic (exact) mass is 388 g/mol. The minimum Gasteiger partial charge on any atom is -0.378 e. The van der Waals surface area contributed by atoms with Crippen LogP contribution in [0.4, 0.5) is 0 Å². The van der Waals surface area contributed by atoms with Gasteiger partial charge in [0, 0.05) is 18.8 Å². The van der Waals surface area contributed by atoms with Crippen molar-refractivity contribution in [3.05, 3.63) is 36.2 Å². The van der Waals surface area contributed by atoms with Crippen LogP contribution in [0.1, 0.15) is 44.1 Å². The Bertz CT molecular complexity index is 711. The Morgan fingerprint density at radius 2 is 2.04 bits per heavy atom. The van der Waals surface area contributed by atoms with E-state index in [0.717, 1.165) is 23.9 Å². The van der Waals surface area contributed by atoms with Gasteiger partial charge in [-0.2, -0.15) is 0 Å². The van der Waals surface area contributed by atoms with Crippen LogP contribution >= 0.6 is 11.8 Å². The number of carbonyl (C=O) groups is 1. The molecule has 0 radical (unpaired) electrons. The first-order valence-corrected chi connectivity index (χ1v) is 10.7. The van der Waals surface area contributed by atoms with Gasteiger partial charge in [-0.3, -0.25) is 9.36 Å². The Morgan fingerprint density at radius 3 is 2.81 bits per heavy atom. The van der Waals surface area contributed by atoms with Crippen LogP contribution in [0.25, 0.3) is 5.69 Å². The molecule has 146 valence electrons. The number of carbonyl (C=O) groups excluding carboxylic acids is 1. The fourth-order valence-electron chi connectivity index (χ4n) is 3.17. The number of ether oxygens (including phenoxy) is 1. The van der Waals surface area contributed by atoms with Crippen molar-refractivity contribution in [2.24, 2.45) is 0 Å². The molecule has 1 fully saturated rings. The lowest BCUT2D eigenvalue weighted by atomic mass is 9.98. The molecule has 1 amide bonds. The van der Waals surface area contributed by atoms with E-state index in [2.05, 4.69) is 22.4 Å². The fraction of sp³-hybridized carbons (Fsp3) is 0.550. The molecular formula is C20H28N4O2S. The molecule has 1 heterocycles. The van der Waals surface area contributed by atoms with Gasteiger partial charge in [-0.05, 0) is 38.3 Å². The predicted molar refractivity (Wildman–Crippen MR) is 107 cm³/mol. The lowest BCUT2D eigenvalue weighted by Crippen LogP contribution is -2.27. The maximum absolute atomic E-state index is 12.1. The van der Waals surface area contributed by atoms with Crippen LogP contribution in [0.3, 0.4) is 0 Å². The van der Waals surface area contributed by atoms with E-state index in [1.807, 2.05) is 28.8 Å². The third-order valence-corrected chi connectivity index (χ3v) is 5.65. The average molecular weight is 389 g/mol. The first-order valence-electron chi connectivity index (χ1n) is 9.70. The summed E-state index contributed by atoms with van der Waals surface area (Å²) in [5, 5.41) is 11.8. The minimum absolute atomic E-state index is 0.0103. The van der Waals surface area contributed by atoms with Gasteiger partial charge in [0.1, 0.15) is 6.33 Å². The molecule has 6 nitrogen and oxygen atoms in total. The van der Waals surface area contributed by atoms with Crippen LogP contribution in [0.15, 0.2) is 35.7 Å². The molecule has 7 heteroatoms. The maximum Gasteiger partial charge on any atom is 0.230 e. The van der Waals surface area contributed by atoms with Crippen LogP contribution in [0.2, 0.25) is 0 Å². The molecule has 2 aromatic rings. The van der Waals surface area contributed by atoms with Gasteiger partial charge in [0.15, 0.2) is 5.16 Å². The summed E-state index contributed by atoms with van der Waals surface area (Å²) in [6.07, 6.45) is 9.23. The van der Waals surface area contributed by atoms with E-state index >= 15 is 0 Å². The van der Waals surface area contributed by atoms with Crippen molar-refractivity contribution in [1.29, 1.82) is 0 Å². The summed E-state index contributed by atoms with van der Waals surface area (Å²) >= 11 is 1.39. The lowest BCUT2D eigenvalue weighted by molar-refractivity contribution is -0.118. The predicted octanol–water partition coefficient (Wildman–Crippen LogP) is 3.52. The van der Waals surface area contributed by atoms with Crippen molar-refractivity contribution >= 4 is 17.7 Å². The number of hydrogen-bond acceptors (Lipinski definition) is 5. The van der Waals surface area contributed by atoms with Gasteiger partial charge in [0.05, 0.1) is 11.9 Å². The van der Waals surface area contributed by atoms with Crippen LogP contribution in [0, 0.1) is 6.92 Å². The van der Waals surface area contributed by atoms with Crippen molar-refractivity contribution in [3.8, 4) is 5.69 Å². The van der Waals surface area contributed by atoms with E-state index in [9.17, 15) is 4.79 Å². The Hall–Kier alpha value is -1.86. The number of nitrogens with one attached hydrogen (secondary N) is 1. The van der Waals surface area contributed by atoms with Crippen LogP contribution < -0.4 is 5.32 Å². The molecule has 1 N–H and O–H groups in total. The van der Waals surface area contributed by atoms with Crippen molar-refractivity contribution < 1.29 is 9.53 Å². The Morgan fingerprint density at radius 1 is 1.26 bits per heavy atom. The molecule has 27 heavy (non-hydrogen) atoms. The standard InChI is InChI=1S/C20H28N4O2S/c1-16-8-10-17(11-9-16)24-15-22-23-20(24)27-14-19(25)21-12-5-13-26-18-6-3-2-4-7-18/h8-11,15,18H,2-7,12-14H2,1H3,(H,21,25). The number of amides is 1. The third kappa shape index (κ3) is 6.36. The Balaban J connectivity index is 1.35. The topological polar surface area (TPSA) is 69.0 Å². The van der Waals surface area contributed by atoms with E-state index in [1.54, 1.807) is 6.33 Å². The van der Waals surface area contributed by atoms with Gasteiger partial charge < -0.3 is 10.1 Å². The number of aromatic nitrogens is 3. The summed E-state index contributed by atoms with van der Waals surface area (Å²) in [4.78, 5) is 12.1. The van der Waals surface area contributed by atoms with Crippen LogP contribution in [-0.4, -0.2) is 45.7 Å². The summed E-state index contributed by atoms with van der Waals surface area (Å²) in [6.45, 7) is 3.42. The highest BCUT2D eigenvalue weighted by Crippen LogP contribution is 2.21. The van der Waals surface area contributed by atoms with Crippen molar-refractivity contribution in [1.82, 2.24) is 20.1 Å².